The first-order chi connectivity index (χ1) is 6.87. The van der Waals surface area contributed by atoms with Crippen LogP contribution in [0.4, 0.5) is 9.18 Å². The maximum atomic E-state index is 13.3. The number of nitrogens with zero attached hydrogens (tertiary/aromatic N) is 1. The zero-order valence-electron chi connectivity index (χ0n) is 9.29. The highest BCUT2D eigenvalue weighted by molar-refractivity contribution is 5.64. The molecule has 0 aromatic carbocycles. The lowest BCUT2D eigenvalue weighted by Gasteiger charge is -2.34. The number of piperidine rings is 1. The molecular weight excluding hydrogens is 199 g/mol. The van der Waals surface area contributed by atoms with Crippen LogP contribution < -0.4 is 5.32 Å². The van der Waals surface area contributed by atoms with Crippen molar-refractivity contribution in [1.29, 1.82) is 0 Å². The molecule has 1 fully saturated rings. The molecule has 1 heterocycles. The summed E-state index contributed by atoms with van der Waals surface area (Å²) in [5.74, 6) is 0. The van der Waals surface area contributed by atoms with Crippen molar-refractivity contribution < 1.29 is 14.3 Å². The first-order valence-corrected chi connectivity index (χ1v) is 5.27. The quantitative estimate of drug-likeness (QED) is 0.754. The van der Waals surface area contributed by atoms with Gasteiger partial charge < -0.3 is 15.3 Å². The highest BCUT2D eigenvalue weighted by Gasteiger charge is 2.25. The van der Waals surface area contributed by atoms with E-state index < -0.39 is 11.8 Å². The Morgan fingerprint density at radius 1 is 1.53 bits per heavy atom. The minimum Gasteiger partial charge on any atom is -0.465 e. The molecule has 2 N–H and O–H groups in total. The standard InChI is InChI=1S/C10H19FN2O2/c1-10(2,11)7-13-5-3-8(4-6-13)12-9(14)15/h8,12H,3-7H2,1-2H3,(H,14,15). The van der Waals surface area contributed by atoms with E-state index >= 15 is 0 Å². The van der Waals surface area contributed by atoms with Crippen LogP contribution in [-0.2, 0) is 0 Å². The van der Waals surface area contributed by atoms with Gasteiger partial charge in [-0.05, 0) is 26.7 Å². The molecule has 15 heavy (non-hydrogen) atoms. The van der Waals surface area contributed by atoms with Crippen molar-refractivity contribution >= 4 is 6.09 Å². The van der Waals surface area contributed by atoms with Crippen molar-refractivity contribution in [3.63, 3.8) is 0 Å². The first kappa shape index (κ1) is 12.2. The molecule has 0 bridgehead atoms. The fourth-order valence-corrected chi connectivity index (χ4v) is 1.94. The molecular formula is C10H19FN2O2. The topological polar surface area (TPSA) is 52.6 Å². The monoisotopic (exact) mass is 218 g/mol. The minimum atomic E-state index is -1.17. The molecule has 1 aliphatic heterocycles. The molecule has 0 aromatic rings. The summed E-state index contributed by atoms with van der Waals surface area (Å²) in [7, 11) is 0. The highest BCUT2D eigenvalue weighted by atomic mass is 19.1. The average molecular weight is 218 g/mol. The van der Waals surface area contributed by atoms with Gasteiger partial charge in [0, 0.05) is 25.7 Å². The first-order valence-electron chi connectivity index (χ1n) is 5.27. The Hall–Kier alpha value is -0.840. The molecule has 1 saturated heterocycles. The number of nitrogens with one attached hydrogen (secondary N) is 1. The van der Waals surface area contributed by atoms with Crippen LogP contribution in [0.2, 0.25) is 0 Å². The van der Waals surface area contributed by atoms with Crippen LogP contribution in [0, 0.1) is 0 Å². The lowest BCUT2D eigenvalue weighted by molar-refractivity contribution is 0.100. The van der Waals surface area contributed by atoms with Crippen LogP contribution in [0.25, 0.3) is 0 Å². The van der Waals surface area contributed by atoms with Crippen LogP contribution in [-0.4, -0.2) is 47.4 Å². The van der Waals surface area contributed by atoms with E-state index in [1.54, 1.807) is 13.8 Å². The molecule has 0 spiro atoms. The molecule has 0 aliphatic carbocycles. The van der Waals surface area contributed by atoms with Gasteiger partial charge in [0.25, 0.3) is 0 Å². The Balaban J connectivity index is 2.27. The number of halogens is 1. The number of alkyl halides is 1. The normalized spacial score (nSPS) is 20.2. The summed E-state index contributed by atoms with van der Waals surface area (Å²) in [6, 6.07) is 0.0291. The van der Waals surface area contributed by atoms with E-state index in [4.69, 9.17) is 5.11 Å². The maximum Gasteiger partial charge on any atom is 0.404 e. The second-order valence-corrected chi connectivity index (χ2v) is 4.72. The molecule has 0 radical (unpaired) electrons. The summed E-state index contributed by atoms with van der Waals surface area (Å²) in [6.07, 6.45) is 0.560. The van der Waals surface area contributed by atoms with Crippen LogP contribution >= 0.6 is 0 Å². The van der Waals surface area contributed by atoms with Gasteiger partial charge in [0.05, 0.1) is 0 Å². The lowest BCUT2D eigenvalue weighted by atomic mass is 10.0. The zero-order chi connectivity index (χ0) is 11.5. The van der Waals surface area contributed by atoms with Crippen LogP contribution in [0.1, 0.15) is 26.7 Å². The van der Waals surface area contributed by atoms with Gasteiger partial charge in [-0.15, -0.1) is 0 Å². The number of carbonyl (C=O) groups is 1. The number of hydrogen-bond donors (Lipinski definition) is 2. The predicted octanol–water partition coefficient (Wildman–Crippen LogP) is 1.47. The summed E-state index contributed by atoms with van der Waals surface area (Å²) in [4.78, 5) is 12.4. The molecule has 88 valence electrons. The molecule has 0 saturated carbocycles. The number of likely N-dealkylation sites (tertiary alicyclic amines) is 1. The van der Waals surface area contributed by atoms with E-state index in [9.17, 15) is 9.18 Å². The molecule has 1 amide bonds. The third kappa shape index (κ3) is 4.97. The second kappa shape index (κ2) is 4.79. The van der Waals surface area contributed by atoms with Crippen molar-refractivity contribution in [2.24, 2.45) is 0 Å². The molecule has 5 heteroatoms. The second-order valence-electron chi connectivity index (χ2n) is 4.72. The van der Waals surface area contributed by atoms with Crippen LogP contribution in [0.3, 0.4) is 0 Å². The zero-order valence-corrected chi connectivity index (χ0v) is 9.29. The van der Waals surface area contributed by atoms with E-state index in [2.05, 4.69) is 5.32 Å². The Morgan fingerprint density at radius 3 is 2.47 bits per heavy atom. The predicted molar refractivity (Wildman–Crippen MR) is 55.8 cm³/mol. The van der Waals surface area contributed by atoms with E-state index in [-0.39, 0.29) is 6.04 Å². The molecule has 1 aliphatic rings. The van der Waals surface area contributed by atoms with Crippen molar-refractivity contribution in [2.45, 2.75) is 38.4 Å². The van der Waals surface area contributed by atoms with Crippen molar-refractivity contribution in [3.8, 4) is 0 Å². The smallest absolute Gasteiger partial charge is 0.404 e. The Bertz CT molecular complexity index is 220. The summed E-state index contributed by atoms with van der Waals surface area (Å²) < 4.78 is 13.3. The molecule has 0 atom stereocenters. The van der Waals surface area contributed by atoms with E-state index in [1.807, 2.05) is 4.90 Å². The van der Waals surface area contributed by atoms with Gasteiger partial charge in [-0.1, -0.05) is 0 Å². The Morgan fingerprint density at radius 2 is 2.07 bits per heavy atom. The van der Waals surface area contributed by atoms with E-state index in [0.29, 0.717) is 6.54 Å². The number of rotatable bonds is 3. The van der Waals surface area contributed by atoms with Crippen molar-refractivity contribution in [2.75, 3.05) is 19.6 Å². The van der Waals surface area contributed by atoms with Gasteiger partial charge in [-0.2, -0.15) is 0 Å². The van der Waals surface area contributed by atoms with Gasteiger partial charge in [0.1, 0.15) is 5.67 Å². The van der Waals surface area contributed by atoms with E-state index in [0.717, 1.165) is 25.9 Å². The van der Waals surface area contributed by atoms with Crippen LogP contribution in [0.5, 0.6) is 0 Å². The van der Waals surface area contributed by atoms with Crippen molar-refractivity contribution in [3.05, 3.63) is 0 Å². The maximum absolute atomic E-state index is 13.3. The Kier molecular flexibility index (Phi) is 3.90. The third-order valence-corrected chi connectivity index (χ3v) is 2.51. The summed E-state index contributed by atoms with van der Waals surface area (Å²) in [5, 5.41) is 11.0. The fourth-order valence-electron chi connectivity index (χ4n) is 1.94. The molecule has 1 rings (SSSR count). The largest absolute Gasteiger partial charge is 0.465 e. The molecule has 4 nitrogen and oxygen atoms in total. The van der Waals surface area contributed by atoms with Gasteiger partial charge in [-0.3, -0.25) is 0 Å². The van der Waals surface area contributed by atoms with Gasteiger partial charge in [0.15, 0.2) is 0 Å². The van der Waals surface area contributed by atoms with E-state index in [1.165, 1.54) is 0 Å². The lowest BCUT2D eigenvalue weighted by Crippen LogP contribution is -2.47. The molecule has 0 aromatic heterocycles. The van der Waals surface area contributed by atoms with Gasteiger partial charge in [0.2, 0.25) is 0 Å². The Labute approximate surface area is 89.4 Å². The fraction of sp³-hybridized carbons (Fsp3) is 0.900. The number of amides is 1. The van der Waals surface area contributed by atoms with Crippen LogP contribution in [0.15, 0.2) is 0 Å². The van der Waals surface area contributed by atoms with Crippen molar-refractivity contribution in [1.82, 2.24) is 10.2 Å². The summed E-state index contributed by atoms with van der Waals surface area (Å²) in [5.41, 5.74) is -1.17. The van der Waals surface area contributed by atoms with Gasteiger partial charge >= 0.3 is 6.09 Å². The summed E-state index contributed by atoms with van der Waals surface area (Å²) in [6.45, 7) is 5.08. The summed E-state index contributed by atoms with van der Waals surface area (Å²) >= 11 is 0. The van der Waals surface area contributed by atoms with Gasteiger partial charge in [-0.25, -0.2) is 9.18 Å². The number of hydrogen-bond acceptors (Lipinski definition) is 2. The minimum absolute atomic E-state index is 0.0291. The third-order valence-electron chi connectivity index (χ3n) is 2.51. The SMILES string of the molecule is CC(C)(F)CN1CCC(NC(=O)O)CC1. The average Bonchev–Trinajstić information content (AvgIpc) is 2.05. The highest BCUT2D eigenvalue weighted by Crippen LogP contribution is 2.16. The number of carboxylic acid groups (broad SMARTS) is 1. The molecule has 0 unspecified atom stereocenters.